The number of alkyl halides is 1. The third-order valence-corrected chi connectivity index (χ3v) is 3.12. The van der Waals surface area contributed by atoms with Crippen LogP contribution in [0.15, 0.2) is 0 Å². The first kappa shape index (κ1) is 13.1. The van der Waals surface area contributed by atoms with E-state index in [1.165, 1.54) is 0 Å². The van der Waals surface area contributed by atoms with Crippen molar-refractivity contribution in [1.82, 2.24) is 5.32 Å². The van der Waals surface area contributed by atoms with Crippen LogP contribution in [0, 0.1) is 0 Å². The summed E-state index contributed by atoms with van der Waals surface area (Å²) in [5, 5.41) is 3.49. The number of hydrogen-bond donors (Lipinski definition) is 1. The molecule has 0 aliphatic heterocycles. The summed E-state index contributed by atoms with van der Waals surface area (Å²) in [6.07, 6.45) is 4.44. The van der Waals surface area contributed by atoms with Crippen molar-refractivity contribution in [2.24, 2.45) is 0 Å². The summed E-state index contributed by atoms with van der Waals surface area (Å²) in [4.78, 5) is 11.1. The topological polar surface area (TPSA) is 29.1 Å². The van der Waals surface area contributed by atoms with Gasteiger partial charge in [-0.3, -0.25) is 4.79 Å². The lowest BCUT2D eigenvalue weighted by atomic mass is 10.3. The fraction of sp³-hybridized carbons (Fsp3) is 0.889. The molecule has 0 aromatic carbocycles. The van der Waals surface area contributed by atoms with Gasteiger partial charge in [0.15, 0.2) is 0 Å². The Kier molecular flexibility index (Phi) is 8.77. The molecule has 0 spiro atoms. The van der Waals surface area contributed by atoms with E-state index in [9.17, 15) is 4.79 Å². The Bertz CT molecular complexity index is 144. The third-order valence-electron chi connectivity index (χ3n) is 1.81. The van der Waals surface area contributed by atoms with Crippen molar-refractivity contribution < 1.29 is 4.79 Å². The largest absolute Gasteiger partial charge is 0.356 e. The van der Waals surface area contributed by atoms with Gasteiger partial charge in [0.25, 0.3) is 0 Å². The Morgan fingerprint density at radius 1 is 1.62 bits per heavy atom. The van der Waals surface area contributed by atoms with Crippen molar-refractivity contribution in [3.05, 3.63) is 0 Å². The predicted octanol–water partition coefficient (Wildman–Crippen LogP) is 2.26. The normalized spacial score (nSPS) is 12.5. The average Bonchev–Trinajstić information content (AvgIpc) is 2.14. The second-order valence-corrected chi connectivity index (χ2v) is 4.63. The Morgan fingerprint density at radius 2 is 2.31 bits per heavy atom. The first-order valence-electron chi connectivity index (χ1n) is 4.56. The molecule has 0 saturated heterocycles. The van der Waals surface area contributed by atoms with E-state index in [4.69, 9.17) is 11.6 Å². The maximum absolute atomic E-state index is 11.1. The molecule has 4 heteroatoms. The molecule has 0 aliphatic rings. The standard InChI is InChI=1S/C9H18ClNOS/c1-8(13-2)5-7-11-9(12)4-3-6-10/h8H,3-7H2,1-2H3,(H,11,12). The Balaban J connectivity index is 3.26. The molecule has 78 valence electrons. The molecule has 1 N–H and O–H groups in total. The minimum absolute atomic E-state index is 0.119. The lowest BCUT2D eigenvalue weighted by Gasteiger charge is -2.08. The van der Waals surface area contributed by atoms with E-state index < -0.39 is 0 Å². The number of nitrogens with one attached hydrogen (secondary N) is 1. The summed E-state index contributed by atoms with van der Waals surface area (Å²) in [6, 6.07) is 0. The van der Waals surface area contributed by atoms with E-state index in [-0.39, 0.29) is 5.91 Å². The quantitative estimate of drug-likeness (QED) is 0.671. The first-order chi connectivity index (χ1) is 6.20. The van der Waals surface area contributed by atoms with Crippen LogP contribution in [0.5, 0.6) is 0 Å². The highest BCUT2D eigenvalue weighted by Gasteiger charge is 2.02. The molecule has 0 rings (SSSR count). The molecule has 13 heavy (non-hydrogen) atoms. The fourth-order valence-corrected chi connectivity index (χ4v) is 1.34. The van der Waals surface area contributed by atoms with Gasteiger partial charge in [0.05, 0.1) is 0 Å². The van der Waals surface area contributed by atoms with Crippen LogP contribution in [0.3, 0.4) is 0 Å². The molecule has 1 unspecified atom stereocenters. The lowest BCUT2D eigenvalue weighted by molar-refractivity contribution is -0.121. The number of halogens is 1. The van der Waals surface area contributed by atoms with Crippen molar-refractivity contribution in [3.63, 3.8) is 0 Å². The molecule has 0 aliphatic carbocycles. The lowest BCUT2D eigenvalue weighted by Crippen LogP contribution is -2.25. The van der Waals surface area contributed by atoms with Crippen molar-refractivity contribution in [2.75, 3.05) is 18.7 Å². The second-order valence-electron chi connectivity index (χ2n) is 2.98. The van der Waals surface area contributed by atoms with Crippen molar-refractivity contribution in [3.8, 4) is 0 Å². The van der Waals surface area contributed by atoms with Crippen LogP contribution in [0.2, 0.25) is 0 Å². The summed E-state index contributed by atoms with van der Waals surface area (Å²) in [5.41, 5.74) is 0. The zero-order valence-corrected chi connectivity index (χ0v) is 9.88. The maximum atomic E-state index is 11.1. The van der Waals surface area contributed by atoms with Gasteiger partial charge in [0, 0.05) is 24.1 Å². The number of carbonyl (C=O) groups excluding carboxylic acids is 1. The SMILES string of the molecule is CSC(C)CCNC(=O)CCCCl. The fourth-order valence-electron chi connectivity index (χ4n) is 0.848. The van der Waals surface area contributed by atoms with Crippen LogP contribution >= 0.6 is 23.4 Å². The minimum atomic E-state index is 0.119. The number of rotatable bonds is 7. The molecule has 0 heterocycles. The zero-order valence-electron chi connectivity index (χ0n) is 8.31. The molecule has 0 radical (unpaired) electrons. The highest BCUT2D eigenvalue weighted by Crippen LogP contribution is 2.07. The number of amides is 1. The molecule has 0 aromatic heterocycles. The Morgan fingerprint density at radius 3 is 2.85 bits per heavy atom. The summed E-state index contributed by atoms with van der Waals surface area (Å²) < 4.78 is 0. The third kappa shape index (κ3) is 8.44. The molecular formula is C9H18ClNOS. The highest BCUT2D eigenvalue weighted by atomic mass is 35.5. The minimum Gasteiger partial charge on any atom is -0.356 e. The van der Waals surface area contributed by atoms with E-state index in [1.54, 1.807) is 0 Å². The van der Waals surface area contributed by atoms with Crippen LogP contribution in [-0.4, -0.2) is 29.8 Å². The van der Waals surface area contributed by atoms with Crippen LogP contribution in [0.1, 0.15) is 26.2 Å². The van der Waals surface area contributed by atoms with Crippen molar-refractivity contribution >= 4 is 29.3 Å². The summed E-state index contributed by atoms with van der Waals surface area (Å²) in [6.45, 7) is 2.94. The van der Waals surface area contributed by atoms with Gasteiger partial charge < -0.3 is 5.32 Å². The summed E-state index contributed by atoms with van der Waals surface area (Å²) in [7, 11) is 0. The van der Waals surface area contributed by atoms with Gasteiger partial charge in [-0.15, -0.1) is 11.6 Å². The summed E-state index contributed by atoms with van der Waals surface area (Å²) >= 11 is 7.29. The highest BCUT2D eigenvalue weighted by molar-refractivity contribution is 7.99. The van der Waals surface area contributed by atoms with Gasteiger partial charge in [-0.2, -0.15) is 11.8 Å². The van der Waals surface area contributed by atoms with Crippen LogP contribution in [-0.2, 0) is 4.79 Å². The molecule has 0 bridgehead atoms. The maximum Gasteiger partial charge on any atom is 0.220 e. The van der Waals surface area contributed by atoms with Gasteiger partial charge in [-0.25, -0.2) is 0 Å². The van der Waals surface area contributed by atoms with Gasteiger partial charge in [0.2, 0.25) is 5.91 Å². The Hall–Kier alpha value is 0.110. The van der Waals surface area contributed by atoms with Crippen molar-refractivity contribution in [1.29, 1.82) is 0 Å². The van der Waals surface area contributed by atoms with E-state index >= 15 is 0 Å². The molecule has 0 saturated carbocycles. The number of thioether (sulfide) groups is 1. The van der Waals surface area contributed by atoms with Crippen LogP contribution < -0.4 is 5.32 Å². The molecule has 0 aromatic rings. The molecule has 1 amide bonds. The molecule has 2 nitrogen and oxygen atoms in total. The van der Waals surface area contributed by atoms with E-state index in [0.717, 1.165) is 19.4 Å². The molecular weight excluding hydrogens is 206 g/mol. The van der Waals surface area contributed by atoms with E-state index in [0.29, 0.717) is 17.6 Å². The smallest absolute Gasteiger partial charge is 0.220 e. The van der Waals surface area contributed by atoms with Crippen LogP contribution in [0.25, 0.3) is 0 Å². The Labute approximate surface area is 89.8 Å². The number of hydrogen-bond acceptors (Lipinski definition) is 2. The van der Waals surface area contributed by atoms with Gasteiger partial charge in [0.1, 0.15) is 0 Å². The van der Waals surface area contributed by atoms with Gasteiger partial charge >= 0.3 is 0 Å². The van der Waals surface area contributed by atoms with Crippen LogP contribution in [0.4, 0.5) is 0 Å². The van der Waals surface area contributed by atoms with Gasteiger partial charge in [-0.05, 0) is 19.1 Å². The monoisotopic (exact) mass is 223 g/mol. The van der Waals surface area contributed by atoms with E-state index in [2.05, 4.69) is 18.5 Å². The first-order valence-corrected chi connectivity index (χ1v) is 6.38. The van der Waals surface area contributed by atoms with Gasteiger partial charge in [-0.1, -0.05) is 6.92 Å². The van der Waals surface area contributed by atoms with Crippen molar-refractivity contribution in [2.45, 2.75) is 31.4 Å². The molecule has 0 fully saturated rings. The second kappa shape index (κ2) is 8.70. The molecule has 1 atom stereocenters. The van der Waals surface area contributed by atoms with E-state index in [1.807, 2.05) is 11.8 Å². The summed E-state index contributed by atoms with van der Waals surface area (Å²) in [5.74, 6) is 0.684. The average molecular weight is 224 g/mol. The number of carbonyl (C=O) groups is 1. The zero-order chi connectivity index (χ0) is 10.1. The predicted molar refractivity (Wildman–Crippen MR) is 60.6 cm³/mol.